The summed E-state index contributed by atoms with van der Waals surface area (Å²) in [7, 11) is 0. The van der Waals surface area contributed by atoms with Crippen LogP contribution < -0.4 is 0 Å². The zero-order chi connectivity index (χ0) is 37.1. The molecule has 294 valence electrons. The number of carbonyl (C=O) groups excluding carboxylic acids is 1. The van der Waals surface area contributed by atoms with Gasteiger partial charge in [0.2, 0.25) is 0 Å². The summed E-state index contributed by atoms with van der Waals surface area (Å²) in [5, 5.41) is 0. The van der Waals surface area contributed by atoms with Crippen LogP contribution in [0.25, 0.3) is 0 Å². The lowest BCUT2D eigenvalue weighted by Gasteiger charge is -2.63. The molecule has 6 fully saturated rings. The molecule has 9 rings (SSSR count). The standard InChI is InChI=1S/C47H63IO6/c1-30(2)38-25-35-27-46(44-51-23-24-52-44)37-20-19-31(3)36(37)28-45(35,41-26-39(40(29-48)53-41)50-22-21-32-13-7-4-8-14-32)47(38,46)43(49)54-42(33-15-9-5-10-16-33)34-17-11-6-12-18-34/h5-6,9-12,15-17,25,30-32,34-37,39-42,44H,4,7-8,13-14,18-24,26-29H2,1-3H3/t31-,34?,35?,36-,37-,39?,40?,41-,42?,45?,46?,47?/m1/s1. The van der Waals surface area contributed by atoms with Crippen molar-refractivity contribution in [1.29, 1.82) is 0 Å². The number of allylic oxidation sites excluding steroid dienone is 4. The monoisotopic (exact) mass is 850 g/mol. The molecule has 2 aliphatic heterocycles. The second-order valence-electron chi connectivity index (χ2n) is 18.7. The number of hydrogen-bond acceptors (Lipinski definition) is 6. The Labute approximate surface area is 337 Å². The van der Waals surface area contributed by atoms with Gasteiger partial charge in [0.15, 0.2) is 6.29 Å². The van der Waals surface area contributed by atoms with Crippen LogP contribution >= 0.6 is 22.6 Å². The van der Waals surface area contributed by atoms with E-state index in [1.54, 1.807) is 0 Å². The minimum Gasteiger partial charge on any atom is -0.456 e. The lowest BCUT2D eigenvalue weighted by Crippen LogP contribution is -2.68. The summed E-state index contributed by atoms with van der Waals surface area (Å²) in [6.07, 6.45) is 24.0. The maximum atomic E-state index is 16.4. The molecule has 0 amide bonds. The predicted molar refractivity (Wildman–Crippen MR) is 219 cm³/mol. The van der Waals surface area contributed by atoms with Gasteiger partial charge in [-0.2, -0.15) is 0 Å². The third-order valence-electron chi connectivity index (χ3n) is 16.1. The normalized spacial score (nSPS) is 42.1. The number of benzene rings is 1. The molecule has 2 heterocycles. The molecule has 0 radical (unpaired) electrons. The molecule has 0 spiro atoms. The number of esters is 1. The smallest absolute Gasteiger partial charge is 0.318 e. The van der Waals surface area contributed by atoms with E-state index in [2.05, 4.69) is 104 Å². The van der Waals surface area contributed by atoms with Crippen molar-refractivity contribution < 1.29 is 28.5 Å². The molecule has 7 heteroatoms. The average Bonchev–Trinajstić information content (AvgIpc) is 4.03. The first-order chi connectivity index (χ1) is 26.3. The summed E-state index contributed by atoms with van der Waals surface area (Å²) in [5.74, 6) is 2.50. The van der Waals surface area contributed by atoms with Crippen molar-refractivity contribution in [1.82, 2.24) is 0 Å². The Balaban J connectivity index is 1.16. The summed E-state index contributed by atoms with van der Waals surface area (Å²) in [4.78, 5) is 16.4. The largest absolute Gasteiger partial charge is 0.456 e. The average molecular weight is 851 g/mol. The number of hydrogen-bond donors (Lipinski definition) is 0. The highest BCUT2D eigenvalue weighted by Crippen LogP contribution is 2.86. The van der Waals surface area contributed by atoms with Crippen LogP contribution in [0.3, 0.4) is 0 Å². The highest BCUT2D eigenvalue weighted by Gasteiger charge is 2.88. The zero-order valence-corrected chi connectivity index (χ0v) is 35.0. The van der Waals surface area contributed by atoms with Crippen LogP contribution in [0.15, 0.2) is 66.3 Å². The fraction of sp³-hybridized carbons (Fsp3) is 0.723. The van der Waals surface area contributed by atoms with E-state index in [9.17, 15) is 0 Å². The zero-order valence-electron chi connectivity index (χ0n) is 32.8. The molecule has 6 aliphatic carbocycles. The van der Waals surface area contributed by atoms with Gasteiger partial charge >= 0.3 is 5.97 Å². The van der Waals surface area contributed by atoms with Gasteiger partial charge in [-0.3, -0.25) is 4.79 Å². The van der Waals surface area contributed by atoms with Crippen molar-refractivity contribution in [2.24, 2.45) is 57.7 Å². The van der Waals surface area contributed by atoms with E-state index in [1.165, 1.54) is 44.1 Å². The first kappa shape index (κ1) is 38.0. The van der Waals surface area contributed by atoms with E-state index in [0.717, 1.165) is 61.0 Å². The van der Waals surface area contributed by atoms with Crippen molar-refractivity contribution in [3.8, 4) is 0 Å². The van der Waals surface area contributed by atoms with E-state index in [0.29, 0.717) is 31.0 Å². The van der Waals surface area contributed by atoms with Crippen molar-refractivity contribution in [2.45, 2.75) is 129 Å². The van der Waals surface area contributed by atoms with Crippen molar-refractivity contribution in [3.63, 3.8) is 0 Å². The van der Waals surface area contributed by atoms with Gasteiger partial charge in [0, 0.05) is 34.2 Å². The van der Waals surface area contributed by atoms with Crippen LogP contribution in [-0.2, 0) is 28.5 Å². The summed E-state index contributed by atoms with van der Waals surface area (Å²) in [5.41, 5.74) is 0.381. The minimum absolute atomic E-state index is 0.00948. The Hall–Kier alpha value is -1.52. The fourth-order valence-electron chi connectivity index (χ4n) is 14.0. The highest BCUT2D eigenvalue weighted by molar-refractivity contribution is 14.1. The Kier molecular flexibility index (Phi) is 10.8. The Bertz CT molecular complexity index is 1590. The summed E-state index contributed by atoms with van der Waals surface area (Å²) in [6.45, 7) is 9.01. The third-order valence-corrected chi connectivity index (χ3v) is 17.0. The van der Waals surface area contributed by atoms with Gasteiger partial charge in [-0.15, -0.1) is 0 Å². The van der Waals surface area contributed by atoms with Gasteiger partial charge < -0.3 is 23.7 Å². The van der Waals surface area contributed by atoms with E-state index in [4.69, 9.17) is 23.7 Å². The number of fused-ring (bicyclic) bond motifs is 2. The van der Waals surface area contributed by atoms with Crippen molar-refractivity contribution in [2.75, 3.05) is 24.2 Å². The number of halogens is 1. The summed E-state index contributed by atoms with van der Waals surface area (Å²) in [6, 6.07) is 10.5. The fourth-order valence-corrected chi connectivity index (χ4v) is 14.8. The Morgan fingerprint density at radius 3 is 2.50 bits per heavy atom. The molecule has 4 bridgehead atoms. The van der Waals surface area contributed by atoms with Gasteiger partial charge in [0.1, 0.15) is 11.5 Å². The quantitative estimate of drug-likeness (QED) is 0.0904. The second kappa shape index (κ2) is 15.3. The Morgan fingerprint density at radius 1 is 0.981 bits per heavy atom. The minimum atomic E-state index is -0.933. The molecule has 54 heavy (non-hydrogen) atoms. The van der Waals surface area contributed by atoms with Crippen molar-refractivity contribution >= 4 is 28.6 Å². The van der Waals surface area contributed by atoms with Gasteiger partial charge in [-0.25, -0.2) is 0 Å². The van der Waals surface area contributed by atoms with Crippen LogP contribution in [0.5, 0.6) is 0 Å². The van der Waals surface area contributed by atoms with Gasteiger partial charge in [0.05, 0.1) is 31.5 Å². The molecule has 1 aromatic carbocycles. The molecular weight excluding hydrogens is 787 g/mol. The molecule has 8 aliphatic rings. The van der Waals surface area contributed by atoms with E-state index in [1.807, 2.05) is 0 Å². The van der Waals surface area contributed by atoms with Crippen LogP contribution in [0.2, 0.25) is 0 Å². The molecule has 8 unspecified atom stereocenters. The Morgan fingerprint density at radius 2 is 1.78 bits per heavy atom. The maximum absolute atomic E-state index is 16.4. The first-order valence-corrected chi connectivity index (χ1v) is 23.3. The number of ether oxygens (including phenoxy) is 5. The lowest BCUT2D eigenvalue weighted by molar-refractivity contribution is -0.257. The van der Waals surface area contributed by atoms with E-state index >= 15 is 4.79 Å². The SMILES string of the molecule is CC(C)C1=CC2CC3(C4OCCO4)[C@@H]4CC[C@@H](C)[C@H]4CC2([C@H]2CC(OCCC4CCCCC4)C(CI)O2)C13C(=O)OC(c1ccccc1)C1C=CC=CC1. The third kappa shape index (κ3) is 5.76. The molecule has 1 aromatic rings. The van der Waals surface area contributed by atoms with Crippen LogP contribution in [0.1, 0.15) is 109 Å². The van der Waals surface area contributed by atoms with Crippen LogP contribution in [0.4, 0.5) is 0 Å². The molecular formula is C47H63IO6. The van der Waals surface area contributed by atoms with Crippen LogP contribution in [0, 0.1) is 57.7 Å². The van der Waals surface area contributed by atoms with Crippen LogP contribution in [-0.4, -0.2) is 54.8 Å². The number of carbonyl (C=O) groups is 1. The van der Waals surface area contributed by atoms with Gasteiger partial charge in [-0.1, -0.05) is 148 Å². The molecule has 2 saturated heterocycles. The molecule has 4 saturated carbocycles. The second-order valence-corrected chi connectivity index (χ2v) is 19.6. The highest BCUT2D eigenvalue weighted by atomic mass is 127. The first-order valence-electron chi connectivity index (χ1n) is 21.7. The number of alkyl halides is 1. The molecule has 0 aromatic heterocycles. The van der Waals surface area contributed by atoms with Gasteiger partial charge in [-0.05, 0) is 73.2 Å². The van der Waals surface area contributed by atoms with Gasteiger partial charge in [0.25, 0.3) is 0 Å². The number of rotatable bonds is 12. The molecule has 6 nitrogen and oxygen atoms in total. The summed E-state index contributed by atoms with van der Waals surface area (Å²) < 4.78 is 36.0. The van der Waals surface area contributed by atoms with Crippen molar-refractivity contribution in [3.05, 3.63) is 71.8 Å². The molecule has 0 N–H and O–H groups in total. The maximum Gasteiger partial charge on any atom is 0.318 e. The topological polar surface area (TPSA) is 63.2 Å². The summed E-state index contributed by atoms with van der Waals surface area (Å²) >= 11 is 2.51. The predicted octanol–water partition coefficient (Wildman–Crippen LogP) is 10.4. The lowest BCUT2D eigenvalue weighted by atomic mass is 9.41. The van der Waals surface area contributed by atoms with E-state index < -0.39 is 28.6 Å². The van der Waals surface area contributed by atoms with E-state index in [-0.39, 0.29) is 42.0 Å². The molecule has 12 atom stereocenters.